The molecule has 0 bridgehead atoms. The van der Waals surface area contributed by atoms with Crippen LogP contribution in [0.15, 0.2) is 22.7 Å². The van der Waals surface area contributed by atoms with Crippen LogP contribution in [0.3, 0.4) is 0 Å². The predicted molar refractivity (Wildman–Crippen MR) is 67.6 cm³/mol. The van der Waals surface area contributed by atoms with Crippen LogP contribution in [0, 0.1) is 5.92 Å². The van der Waals surface area contributed by atoms with Gasteiger partial charge in [-0.3, -0.25) is 4.79 Å². The molecule has 0 aliphatic heterocycles. The third kappa shape index (κ3) is 3.32. The van der Waals surface area contributed by atoms with E-state index in [0.717, 1.165) is 22.9 Å². The van der Waals surface area contributed by atoms with Gasteiger partial charge < -0.3 is 0 Å². The number of halogens is 2. The molecule has 0 radical (unpaired) electrons. The van der Waals surface area contributed by atoms with Crippen LogP contribution in [0.5, 0.6) is 0 Å². The largest absolute Gasteiger partial charge is 0.294 e. The Balaban J connectivity index is 2.91. The van der Waals surface area contributed by atoms with E-state index in [0.29, 0.717) is 5.02 Å². The van der Waals surface area contributed by atoms with E-state index in [9.17, 15) is 4.79 Å². The quantitative estimate of drug-likeness (QED) is 0.733. The van der Waals surface area contributed by atoms with Gasteiger partial charge in [-0.1, -0.05) is 31.9 Å². The zero-order valence-corrected chi connectivity index (χ0v) is 11.2. The molecule has 0 spiro atoms. The summed E-state index contributed by atoms with van der Waals surface area (Å²) in [5, 5.41) is 0.640. The van der Waals surface area contributed by atoms with Crippen LogP contribution in [0.4, 0.5) is 0 Å². The van der Waals surface area contributed by atoms with Crippen LogP contribution >= 0.6 is 27.5 Å². The predicted octanol–water partition coefficient (Wildman–Crippen LogP) is 4.72. The van der Waals surface area contributed by atoms with E-state index in [1.165, 1.54) is 0 Å². The van der Waals surface area contributed by atoms with E-state index in [2.05, 4.69) is 22.9 Å². The number of Topliss-reactive ketones (excluding diaryl/α,β-unsaturated/α-hetero) is 1. The van der Waals surface area contributed by atoms with Crippen LogP contribution in [-0.4, -0.2) is 5.78 Å². The molecule has 1 atom stereocenters. The van der Waals surface area contributed by atoms with Crippen LogP contribution in [0.25, 0.3) is 0 Å². The molecule has 82 valence electrons. The van der Waals surface area contributed by atoms with Crippen molar-refractivity contribution in [2.24, 2.45) is 5.92 Å². The Morgan fingerprint density at radius 1 is 1.53 bits per heavy atom. The monoisotopic (exact) mass is 288 g/mol. The Labute approximate surface area is 104 Å². The van der Waals surface area contributed by atoms with Crippen molar-refractivity contribution in [2.75, 3.05) is 0 Å². The van der Waals surface area contributed by atoms with Gasteiger partial charge in [-0.25, -0.2) is 0 Å². The van der Waals surface area contributed by atoms with E-state index < -0.39 is 0 Å². The molecular weight excluding hydrogens is 275 g/mol. The molecule has 0 N–H and O–H groups in total. The maximum atomic E-state index is 12.0. The molecule has 0 fully saturated rings. The minimum absolute atomic E-state index is 0.0764. The molecule has 0 aliphatic rings. The molecule has 0 amide bonds. The van der Waals surface area contributed by atoms with Gasteiger partial charge in [0.05, 0.1) is 0 Å². The highest BCUT2D eigenvalue weighted by Gasteiger charge is 2.16. The minimum atomic E-state index is 0.0764. The molecule has 1 unspecified atom stereocenters. The summed E-state index contributed by atoms with van der Waals surface area (Å²) in [6.07, 6.45) is 1.95. The first-order valence-corrected chi connectivity index (χ1v) is 6.22. The molecule has 1 aromatic carbocycles. The third-order valence-corrected chi connectivity index (χ3v) is 3.26. The second kappa shape index (κ2) is 5.66. The molecule has 15 heavy (non-hydrogen) atoms. The van der Waals surface area contributed by atoms with E-state index in [-0.39, 0.29) is 11.7 Å². The van der Waals surface area contributed by atoms with Crippen LogP contribution < -0.4 is 0 Å². The van der Waals surface area contributed by atoms with E-state index in [1.54, 1.807) is 18.2 Å². The first kappa shape index (κ1) is 12.7. The SMILES string of the molecule is CCCC(C)C(=O)c1ccc(Cl)cc1Br. The lowest BCUT2D eigenvalue weighted by Gasteiger charge is -2.10. The number of carbonyl (C=O) groups excluding carboxylic acids is 1. The molecule has 0 aliphatic carbocycles. The number of benzene rings is 1. The van der Waals surface area contributed by atoms with Crippen molar-refractivity contribution in [3.8, 4) is 0 Å². The van der Waals surface area contributed by atoms with Crippen LogP contribution in [0.1, 0.15) is 37.0 Å². The summed E-state index contributed by atoms with van der Waals surface area (Å²) in [5.41, 5.74) is 0.723. The normalized spacial score (nSPS) is 12.5. The summed E-state index contributed by atoms with van der Waals surface area (Å²) < 4.78 is 0.781. The molecular formula is C12H14BrClO. The molecule has 0 saturated carbocycles. The number of carbonyl (C=O) groups is 1. The van der Waals surface area contributed by atoms with Crippen LogP contribution in [-0.2, 0) is 0 Å². The summed E-state index contributed by atoms with van der Waals surface area (Å²) in [6, 6.07) is 5.28. The van der Waals surface area contributed by atoms with Crippen molar-refractivity contribution in [3.05, 3.63) is 33.3 Å². The summed E-state index contributed by atoms with van der Waals surface area (Å²) in [6.45, 7) is 4.05. The Morgan fingerprint density at radius 3 is 2.73 bits per heavy atom. The Hall–Kier alpha value is -0.340. The zero-order chi connectivity index (χ0) is 11.4. The average Bonchev–Trinajstić information content (AvgIpc) is 2.17. The summed E-state index contributed by atoms with van der Waals surface area (Å²) in [4.78, 5) is 12.0. The molecule has 3 heteroatoms. The van der Waals surface area contributed by atoms with Crippen molar-refractivity contribution >= 4 is 33.3 Å². The van der Waals surface area contributed by atoms with E-state index >= 15 is 0 Å². The number of hydrogen-bond acceptors (Lipinski definition) is 1. The van der Waals surface area contributed by atoms with Gasteiger partial charge in [-0.05, 0) is 40.5 Å². The van der Waals surface area contributed by atoms with Gasteiger partial charge in [0.15, 0.2) is 5.78 Å². The van der Waals surface area contributed by atoms with Gasteiger partial charge in [-0.2, -0.15) is 0 Å². The van der Waals surface area contributed by atoms with Crippen molar-refractivity contribution in [2.45, 2.75) is 26.7 Å². The van der Waals surface area contributed by atoms with E-state index in [1.807, 2.05) is 6.92 Å². The lowest BCUT2D eigenvalue weighted by atomic mass is 9.95. The molecule has 1 rings (SSSR count). The maximum absolute atomic E-state index is 12.0. The Bertz CT molecular complexity index is 363. The highest BCUT2D eigenvalue weighted by atomic mass is 79.9. The Morgan fingerprint density at radius 2 is 2.20 bits per heavy atom. The fraction of sp³-hybridized carbons (Fsp3) is 0.417. The molecule has 0 heterocycles. The highest BCUT2D eigenvalue weighted by molar-refractivity contribution is 9.10. The second-order valence-electron chi connectivity index (χ2n) is 3.68. The van der Waals surface area contributed by atoms with Crippen molar-refractivity contribution in [3.63, 3.8) is 0 Å². The zero-order valence-electron chi connectivity index (χ0n) is 8.89. The standard InChI is InChI=1S/C12H14BrClO/c1-3-4-8(2)12(15)10-6-5-9(14)7-11(10)13/h5-8H,3-4H2,1-2H3. The minimum Gasteiger partial charge on any atom is -0.294 e. The molecule has 1 aromatic rings. The summed E-state index contributed by atoms with van der Waals surface area (Å²) in [7, 11) is 0. The number of hydrogen-bond donors (Lipinski definition) is 0. The topological polar surface area (TPSA) is 17.1 Å². The average molecular weight is 290 g/mol. The first-order chi connectivity index (χ1) is 7.06. The van der Waals surface area contributed by atoms with E-state index in [4.69, 9.17) is 11.6 Å². The van der Waals surface area contributed by atoms with Gasteiger partial charge in [0.2, 0.25) is 0 Å². The number of rotatable bonds is 4. The van der Waals surface area contributed by atoms with Gasteiger partial charge in [-0.15, -0.1) is 0 Å². The molecule has 0 aromatic heterocycles. The summed E-state index contributed by atoms with van der Waals surface area (Å²) >= 11 is 9.18. The third-order valence-electron chi connectivity index (χ3n) is 2.37. The Kier molecular flexibility index (Phi) is 4.81. The smallest absolute Gasteiger partial charge is 0.166 e. The molecule has 1 nitrogen and oxygen atoms in total. The fourth-order valence-electron chi connectivity index (χ4n) is 1.52. The van der Waals surface area contributed by atoms with Gasteiger partial charge in [0, 0.05) is 21.0 Å². The van der Waals surface area contributed by atoms with Crippen molar-refractivity contribution < 1.29 is 4.79 Å². The maximum Gasteiger partial charge on any atom is 0.166 e. The first-order valence-electron chi connectivity index (χ1n) is 5.05. The van der Waals surface area contributed by atoms with Crippen LogP contribution in [0.2, 0.25) is 5.02 Å². The van der Waals surface area contributed by atoms with Gasteiger partial charge in [0.1, 0.15) is 0 Å². The highest BCUT2D eigenvalue weighted by Crippen LogP contribution is 2.25. The molecule has 0 saturated heterocycles. The van der Waals surface area contributed by atoms with Crippen molar-refractivity contribution in [1.82, 2.24) is 0 Å². The lowest BCUT2D eigenvalue weighted by molar-refractivity contribution is 0.0923. The lowest BCUT2D eigenvalue weighted by Crippen LogP contribution is -2.11. The van der Waals surface area contributed by atoms with Gasteiger partial charge in [0.25, 0.3) is 0 Å². The summed E-state index contributed by atoms with van der Waals surface area (Å²) in [5.74, 6) is 0.257. The number of ketones is 1. The second-order valence-corrected chi connectivity index (χ2v) is 4.97. The van der Waals surface area contributed by atoms with Gasteiger partial charge >= 0.3 is 0 Å². The van der Waals surface area contributed by atoms with Crippen molar-refractivity contribution in [1.29, 1.82) is 0 Å². The fourth-order valence-corrected chi connectivity index (χ4v) is 2.40.